The van der Waals surface area contributed by atoms with Crippen molar-refractivity contribution in [2.24, 2.45) is 0 Å². The molecule has 2 rings (SSSR count). The van der Waals surface area contributed by atoms with Gasteiger partial charge in [0.1, 0.15) is 12.4 Å². The Morgan fingerprint density at radius 2 is 1.47 bits per heavy atom. The van der Waals surface area contributed by atoms with Gasteiger partial charge in [0, 0.05) is 46.4 Å². The predicted octanol–water partition coefficient (Wildman–Crippen LogP) is 1.33. The number of para-hydroxylation sites is 1. The number of methoxy groups -OCH3 is 1. The molecule has 1 fully saturated rings. The van der Waals surface area contributed by atoms with E-state index in [4.69, 9.17) is 9.47 Å². The van der Waals surface area contributed by atoms with E-state index in [0.717, 1.165) is 58.2 Å². The Morgan fingerprint density at radius 1 is 0.895 bits per heavy atom. The van der Waals surface area contributed by atoms with Crippen LogP contribution in [0.1, 0.15) is 0 Å². The Balaban J connectivity index is 1.58. The van der Waals surface area contributed by atoms with Crippen molar-refractivity contribution in [1.29, 1.82) is 0 Å². The summed E-state index contributed by atoms with van der Waals surface area (Å²) in [5.74, 6) is 0.959. The molecule has 0 amide bonds. The summed E-state index contributed by atoms with van der Waals surface area (Å²) in [6.07, 6.45) is 0. The fourth-order valence-electron chi connectivity index (χ4n) is 2.27. The quantitative estimate of drug-likeness (QED) is 0.742. The largest absolute Gasteiger partial charge is 0.492 e. The first-order valence-electron chi connectivity index (χ1n) is 7.00. The van der Waals surface area contributed by atoms with Crippen LogP contribution >= 0.6 is 0 Å². The highest BCUT2D eigenvalue weighted by atomic mass is 16.5. The van der Waals surface area contributed by atoms with Crippen molar-refractivity contribution in [2.75, 3.05) is 59.6 Å². The number of benzene rings is 1. The lowest BCUT2D eigenvalue weighted by Gasteiger charge is -2.34. The highest BCUT2D eigenvalue weighted by Gasteiger charge is 2.15. The van der Waals surface area contributed by atoms with Crippen molar-refractivity contribution >= 4 is 0 Å². The molecule has 0 saturated carbocycles. The molecule has 1 aromatic carbocycles. The van der Waals surface area contributed by atoms with Crippen molar-refractivity contribution in [1.82, 2.24) is 9.80 Å². The average Bonchev–Trinajstić information content (AvgIpc) is 2.47. The van der Waals surface area contributed by atoms with Gasteiger partial charge in [-0.25, -0.2) is 0 Å². The van der Waals surface area contributed by atoms with E-state index in [2.05, 4.69) is 9.80 Å². The Kier molecular flexibility index (Phi) is 6.14. The van der Waals surface area contributed by atoms with Gasteiger partial charge in [-0.05, 0) is 12.1 Å². The molecule has 19 heavy (non-hydrogen) atoms. The summed E-state index contributed by atoms with van der Waals surface area (Å²) < 4.78 is 10.8. The fraction of sp³-hybridized carbons (Fsp3) is 0.600. The zero-order valence-corrected chi connectivity index (χ0v) is 11.8. The van der Waals surface area contributed by atoms with Gasteiger partial charge in [0.15, 0.2) is 0 Å². The van der Waals surface area contributed by atoms with Crippen molar-refractivity contribution in [3.8, 4) is 5.75 Å². The third kappa shape index (κ3) is 5.19. The van der Waals surface area contributed by atoms with Gasteiger partial charge >= 0.3 is 0 Å². The van der Waals surface area contributed by atoms with Crippen molar-refractivity contribution in [3.05, 3.63) is 30.3 Å². The summed E-state index contributed by atoms with van der Waals surface area (Å²) in [5, 5.41) is 0. The van der Waals surface area contributed by atoms with Crippen LogP contribution in [0.15, 0.2) is 30.3 Å². The van der Waals surface area contributed by atoms with E-state index in [0.29, 0.717) is 0 Å². The first-order chi connectivity index (χ1) is 9.38. The number of ether oxygens (including phenoxy) is 2. The third-order valence-electron chi connectivity index (χ3n) is 3.50. The topological polar surface area (TPSA) is 24.9 Å². The van der Waals surface area contributed by atoms with E-state index >= 15 is 0 Å². The van der Waals surface area contributed by atoms with Crippen LogP contribution in [0.3, 0.4) is 0 Å². The van der Waals surface area contributed by atoms with E-state index in [9.17, 15) is 0 Å². The molecule has 1 saturated heterocycles. The Bertz CT molecular complexity index is 337. The van der Waals surface area contributed by atoms with Crippen LogP contribution in [0.4, 0.5) is 0 Å². The second-order valence-corrected chi connectivity index (χ2v) is 4.84. The SMILES string of the molecule is COCCN1CCN(CCOc2ccccc2)CC1. The summed E-state index contributed by atoms with van der Waals surface area (Å²) in [5.41, 5.74) is 0. The van der Waals surface area contributed by atoms with Crippen LogP contribution in [0, 0.1) is 0 Å². The zero-order valence-electron chi connectivity index (χ0n) is 11.8. The number of hydrogen-bond acceptors (Lipinski definition) is 4. The van der Waals surface area contributed by atoms with Crippen molar-refractivity contribution in [2.45, 2.75) is 0 Å². The van der Waals surface area contributed by atoms with Crippen molar-refractivity contribution < 1.29 is 9.47 Å². The molecule has 1 aliphatic rings. The van der Waals surface area contributed by atoms with Gasteiger partial charge in [-0.15, -0.1) is 0 Å². The molecular weight excluding hydrogens is 240 g/mol. The monoisotopic (exact) mass is 264 g/mol. The summed E-state index contributed by atoms with van der Waals surface area (Å²) >= 11 is 0. The molecule has 1 aliphatic heterocycles. The molecular formula is C15H24N2O2. The molecule has 4 heteroatoms. The molecule has 0 radical (unpaired) electrons. The van der Waals surface area contributed by atoms with Gasteiger partial charge in [0.25, 0.3) is 0 Å². The third-order valence-corrected chi connectivity index (χ3v) is 3.50. The van der Waals surface area contributed by atoms with Crippen LogP contribution in [0.25, 0.3) is 0 Å². The number of piperazine rings is 1. The average molecular weight is 264 g/mol. The molecule has 4 nitrogen and oxygen atoms in total. The highest BCUT2D eigenvalue weighted by Crippen LogP contribution is 2.08. The van der Waals surface area contributed by atoms with E-state index in [1.165, 1.54) is 0 Å². The maximum Gasteiger partial charge on any atom is 0.119 e. The van der Waals surface area contributed by atoms with Crippen LogP contribution < -0.4 is 4.74 Å². The maximum absolute atomic E-state index is 5.73. The Hall–Kier alpha value is -1.10. The predicted molar refractivity (Wildman–Crippen MR) is 76.7 cm³/mol. The normalized spacial score (nSPS) is 17.5. The molecule has 0 atom stereocenters. The lowest BCUT2D eigenvalue weighted by Crippen LogP contribution is -2.48. The number of nitrogens with zero attached hydrogens (tertiary/aromatic N) is 2. The molecule has 0 bridgehead atoms. The van der Waals surface area contributed by atoms with Gasteiger partial charge in [-0.2, -0.15) is 0 Å². The number of rotatable bonds is 7. The molecule has 0 spiro atoms. The zero-order chi connectivity index (χ0) is 13.3. The van der Waals surface area contributed by atoms with Gasteiger partial charge in [0.05, 0.1) is 6.61 Å². The number of hydrogen-bond donors (Lipinski definition) is 0. The molecule has 1 heterocycles. The van der Waals surface area contributed by atoms with Gasteiger partial charge in [0.2, 0.25) is 0 Å². The van der Waals surface area contributed by atoms with Crippen LogP contribution in [-0.2, 0) is 4.74 Å². The molecule has 0 unspecified atom stereocenters. The van der Waals surface area contributed by atoms with E-state index in [-0.39, 0.29) is 0 Å². The first-order valence-corrected chi connectivity index (χ1v) is 7.00. The molecule has 106 valence electrons. The van der Waals surface area contributed by atoms with Gasteiger partial charge < -0.3 is 9.47 Å². The Morgan fingerprint density at radius 3 is 2.05 bits per heavy atom. The molecule has 0 aromatic heterocycles. The summed E-state index contributed by atoms with van der Waals surface area (Å²) in [4.78, 5) is 4.92. The lowest BCUT2D eigenvalue weighted by atomic mass is 10.3. The highest BCUT2D eigenvalue weighted by molar-refractivity contribution is 5.20. The molecule has 0 N–H and O–H groups in total. The minimum atomic E-state index is 0.766. The van der Waals surface area contributed by atoms with Crippen LogP contribution in [0.5, 0.6) is 5.75 Å². The van der Waals surface area contributed by atoms with E-state index in [1.54, 1.807) is 7.11 Å². The van der Waals surface area contributed by atoms with Crippen LogP contribution in [-0.4, -0.2) is 69.4 Å². The van der Waals surface area contributed by atoms with Crippen LogP contribution in [0.2, 0.25) is 0 Å². The summed E-state index contributed by atoms with van der Waals surface area (Å²) in [6.45, 7) is 8.17. The summed E-state index contributed by atoms with van der Waals surface area (Å²) in [7, 11) is 1.76. The Labute approximate surface area is 115 Å². The minimum Gasteiger partial charge on any atom is -0.492 e. The smallest absolute Gasteiger partial charge is 0.119 e. The molecule has 0 aliphatic carbocycles. The van der Waals surface area contributed by atoms with Gasteiger partial charge in [-0.3, -0.25) is 9.80 Å². The van der Waals surface area contributed by atoms with E-state index in [1.807, 2.05) is 30.3 Å². The van der Waals surface area contributed by atoms with Crippen molar-refractivity contribution in [3.63, 3.8) is 0 Å². The first kappa shape index (κ1) is 14.3. The minimum absolute atomic E-state index is 0.766. The maximum atomic E-state index is 5.73. The fourth-order valence-corrected chi connectivity index (χ4v) is 2.27. The second-order valence-electron chi connectivity index (χ2n) is 4.84. The van der Waals surface area contributed by atoms with Gasteiger partial charge in [-0.1, -0.05) is 18.2 Å². The lowest BCUT2D eigenvalue weighted by molar-refractivity contribution is 0.0894. The standard InChI is InChI=1S/C15H24N2O2/c1-18-13-11-16-7-9-17(10-8-16)12-14-19-15-5-3-2-4-6-15/h2-6H,7-14H2,1H3. The van der Waals surface area contributed by atoms with E-state index < -0.39 is 0 Å². The second kappa shape index (κ2) is 8.15. The summed E-state index contributed by atoms with van der Waals surface area (Å²) in [6, 6.07) is 10.0. The molecule has 1 aromatic rings.